The third kappa shape index (κ3) is 5.43. The van der Waals surface area contributed by atoms with Gasteiger partial charge in [-0.05, 0) is 92.8 Å². The van der Waals surface area contributed by atoms with Gasteiger partial charge in [0, 0.05) is 50.4 Å². The average Bonchev–Trinajstić information content (AvgIpc) is 2.88. The van der Waals surface area contributed by atoms with E-state index in [1.807, 2.05) is 0 Å². The van der Waals surface area contributed by atoms with Crippen molar-refractivity contribution in [3.05, 3.63) is 23.9 Å². The number of β-amino-alcohol motifs (C(OH)–C–C–N with tert-alkyl or cyclic N) is 1. The second kappa shape index (κ2) is 10.3. The first kappa shape index (κ1) is 25.5. The van der Waals surface area contributed by atoms with Crippen LogP contribution in [-0.2, 0) is 0 Å². The maximum Gasteiger partial charge on any atom is 0.128 e. The van der Waals surface area contributed by atoms with Gasteiger partial charge in [0.25, 0.3) is 0 Å². The van der Waals surface area contributed by atoms with Gasteiger partial charge in [0.05, 0.1) is 6.61 Å². The molecule has 1 aromatic heterocycles. The highest BCUT2D eigenvalue weighted by atomic mass is 16.3. The number of pyridine rings is 1. The van der Waals surface area contributed by atoms with Gasteiger partial charge in [-0.2, -0.15) is 0 Å². The van der Waals surface area contributed by atoms with Gasteiger partial charge in [0.1, 0.15) is 5.82 Å². The van der Waals surface area contributed by atoms with E-state index in [2.05, 4.69) is 60.6 Å². The quantitative estimate of drug-likeness (QED) is 0.639. The molecule has 0 amide bonds. The molecule has 2 saturated heterocycles. The number of piperazine rings is 1. The van der Waals surface area contributed by atoms with Crippen molar-refractivity contribution in [2.75, 3.05) is 57.3 Å². The molecule has 2 aliphatic heterocycles. The molecule has 2 saturated carbocycles. The fourth-order valence-electron chi connectivity index (χ4n) is 8.06. The number of anilines is 1. The maximum absolute atomic E-state index is 9.20. The summed E-state index contributed by atoms with van der Waals surface area (Å²) in [5, 5.41) is 9.20. The van der Waals surface area contributed by atoms with E-state index in [0.29, 0.717) is 22.8 Å². The van der Waals surface area contributed by atoms with Crippen LogP contribution in [0, 0.1) is 22.7 Å². The van der Waals surface area contributed by atoms with E-state index in [1.165, 1.54) is 56.5 Å². The second-order valence-electron chi connectivity index (χ2n) is 13.4. The number of hydrogen-bond donors (Lipinski definition) is 1. The van der Waals surface area contributed by atoms with Crippen LogP contribution in [0.4, 0.5) is 5.82 Å². The van der Waals surface area contributed by atoms with Crippen LogP contribution in [0.5, 0.6) is 0 Å². The number of aromatic nitrogens is 1. The molecule has 5 rings (SSSR count). The Morgan fingerprint density at radius 2 is 1.54 bits per heavy atom. The normalized spacial score (nSPS) is 32.4. The molecule has 196 valence electrons. The van der Waals surface area contributed by atoms with Crippen LogP contribution in [-0.4, -0.2) is 78.4 Å². The predicted octanol–water partition coefficient (Wildman–Crippen LogP) is 5.01. The lowest BCUT2D eigenvalue weighted by molar-refractivity contribution is -0.0501. The lowest BCUT2D eigenvalue weighted by Gasteiger charge is -2.56. The van der Waals surface area contributed by atoms with Crippen LogP contribution >= 0.6 is 0 Å². The number of piperidine rings is 1. The molecule has 0 aromatic carbocycles. The number of hydrogen-bond acceptors (Lipinski definition) is 5. The van der Waals surface area contributed by atoms with Gasteiger partial charge < -0.3 is 14.9 Å². The van der Waals surface area contributed by atoms with Crippen LogP contribution in [0.1, 0.15) is 84.3 Å². The Morgan fingerprint density at radius 3 is 2.23 bits per heavy atom. The van der Waals surface area contributed by atoms with Crippen molar-refractivity contribution >= 4 is 5.82 Å². The van der Waals surface area contributed by atoms with Gasteiger partial charge in [-0.25, -0.2) is 4.98 Å². The summed E-state index contributed by atoms with van der Waals surface area (Å²) in [5.41, 5.74) is 2.30. The Kier molecular flexibility index (Phi) is 7.50. The third-order valence-electron chi connectivity index (χ3n) is 10.6. The number of aliphatic hydroxyl groups excluding tert-OH is 1. The van der Waals surface area contributed by atoms with Crippen molar-refractivity contribution in [1.82, 2.24) is 14.8 Å². The zero-order chi connectivity index (χ0) is 24.6. The number of likely N-dealkylation sites (tertiary alicyclic amines) is 1. The molecular weight excluding hydrogens is 432 g/mol. The fraction of sp³-hybridized carbons (Fsp3) is 0.833. The first-order valence-corrected chi connectivity index (χ1v) is 14.6. The van der Waals surface area contributed by atoms with Gasteiger partial charge in [-0.1, -0.05) is 33.8 Å². The highest BCUT2D eigenvalue weighted by Crippen LogP contribution is 2.59. The first-order valence-electron chi connectivity index (χ1n) is 14.6. The Morgan fingerprint density at radius 1 is 0.857 bits per heavy atom. The van der Waals surface area contributed by atoms with E-state index in [4.69, 9.17) is 4.98 Å². The SMILES string of the molecule is CC1(C)CCC(C)(C)C2CC(c3cccc(N4CCN(C5CCN(CCO)CC5)CC4)n3)CCC21. The van der Waals surface area contributed by atoms with Crippen LogP contribution in [0.3, 0.4) is 0 Å². The van der Waals surface area contributed by atoms with Gasteiger partial charge in [-0.3, -0.25) is 4.90 Å². The van der Waals surface area contributed by atoms with Gasteiger partial charge in [-0.15, -0.1) is 0 Å². The number of aliphatic hydroxyl groups is 1. The molecule has 3 atom stereocenters. The summed E-state index contributed by atoms with van der Waals surface area (Å²) in [6, 6.07) is 7.53. The molecule has 4 aliphatic rings. The minimum atomic E-state index is 0.285. The molecule has 5 heteroatoms. The smallest absolute Gasteiger partial charge is 0.128 e. The summed E-state index contributed by atoms with van der Waals surface area (Å²) in [6.45, 7) is 18.0. The van der Waals surface area contributed by atoms with Crippen molar-refractivity contribution in [2.45, 2.75) is 84.6 Å². The summed E-state index contributed by atoms with van der Waals surface area (Å²) in [5.74, 6) is 3.51. The molecule has 1 N–H and O–H groups in total. The molecule has 0 radical (unpaired) electrons. The van der Waals surface area contributed by atoms with Crippen LogP contribution in [0.2, 0.25) is 0 Å². The molecule has 0 spiro atoms. The predicted molar refractivity (Wildman–Crippen MR) is 145 cm³/mol. The monoisotopic (exact) mass is 482 g/mol. The molecule has 3 heterocycles. The van der Waals surface area contributed by atoms with Gasteiger partial charge in [0.15, 0.2) is 0 Å². The minimum Gasteiger partial charge on any atom is -0.395 e. The molecule has 5 nitrogen and oxygen atoms in total. The first-order chi connectivity index (χ1) is 16.8. The average molecular weight is 483 g/mol. The lowest BCUT2D eigenvalue weighted by atomic mass is 9.49. The van der Waals surface area contributed by atoms with E-state index in [9.17, 15) is 5.11 Å². The molecule has 3 unspecified atom stereocenters. The van der Waals surface area contributed by atoms with Crippen molar-refractivity contribution < 1.29 is 5.11 Å². The van der Waals surface area contributed by atoms with Gasteiger partial charge in [0.2, 0.25) is 0 Å². The van der Waals surface area contributed by atoms with Crippen LogP contribution < -0.4 is 4.90 Å². The van der Waals surface area contributed by atoms with Crippen molar-refractivity contribution in [3.8, 4) is 0 Å². The summed E-state index contributed by atoms with van der Waals surface area (Å²) in [6.07, 6.45) is 9.22. The van der Waals surface area contributed by atoms with Crippen LogP contribution in [0.15, 0.2) is 18.2 Å². The minimum absolute atomic E-state index is 0.285. The zero-order valence-corrected chi connectivity index (χ0v) is 22.9. The van der Waals surface area contributed by atoms with E-state index in [1.54, 1.807) is 0 Å². The molecule has 2 aliphatic carbocycles. The van der Waals surface area contributed by atoms with Crippen molar-refractivity contribution in [1.29, 1.82) is 0 Å². The third-order valence-corrected chi connectivity index (χ3v) is 10.6. The molecule has 1 aromatic rings. The standard InChI is InChI=1S/C30H50N4O/c1-29(2)12-13-30(3,4)26-22-23(8-9-25(26)29)27-6-5-7-28(31-27)34-18-16-33(17-19-34)24-10-14-32(15-11-24)20-21-35/h5-7,23-26,35H,8-22H2,1-4H3. The lowest BCUT2D eigenvalue weighted by Crippen LogP contribution is -2.53. The van der Waals surface area contributed by atoms with E-state index < -0.39 is 0 Å². The molecular formula is C30H50N4O. The summed E-state index contributed by atoms with van der Waals surface area (Å²) >= 11 is 0. The van der Waals surface area contributed by atoms with Crippen molar-refractivity contribution in [2.24, 2.45) is 22.7 Å². The summed E-state index contributed by atoms with van der Waals surface area (Å²) in [7, 11) is 0. The highest BCUT2D eigenvalue weighted by Gasteiger charge is 2.50. The topological polar surface area (TPSA) is 42.8 Å². The molecule has 0 bridgehead atoms. The van der Waals surface area contributed by atoms with Gasteiger partial charge >= 0.3 is 0 Å². The molecule has 4 fully saturated rings. The second-order valence-corrected chi connectivity index (χ2v) is 13.4. The Bertz CT molecular complexity index is 839. The Hall–Kier alpha value is -1.17. The maximum atomic E-state index is 9.20. The number of fused-ring (bicyclic) bond motifs is 1. The summed E-state index contributed by atoms with van der Waals surface area (Å²) < 4.78 is 0. The van der Waals surface area contributed by atoms with E-state index >= 15 is 0 Å². The van der Waals surface area contributed by atoms with Crippen molar-refractivity contribution in [3.63, 3.8) is 0 Å². The fourth-order valence-corrected chi connectivity index (χ4v) is 8.06. The number of nitrogens with zero attached hydrogens (tertiary/aromatic N) is 4. The summed E-state index contributed by atoms with van der Waals surface area (Å²) in [4.78, 5) is 12.9. The Balaban J connectivity index is 1.19. The van der Waals surface area contributed by atoms with Crippen LogP contribution in [0.25, 0.3) is 0 Å². The van der Waals surface area contributed by atoms with E-state index in [0.717, 1.165) is 57.6 Å². The largest absolute Gasteiger partial charge is 0.395 e. The Labute approximate surface area is 214 Å². The zero-order valence-electron chi connectivity index (χ0n) is 22.9. The number of rotatable bonds is 5. The molecule has 35 heavy (non-hydrogen) atoms. The highest BCUT2D eigenvalue weighted by molar-refractivity contribution is 5.40. The van der Waals surface area contributed by atoms with E-state index in [-0.39, 0.29) is 6.61 Å².